The van der Waals surface area contributed by atoms with Gasteiger partial charge in [0.15, 0.2) is 0 Å². The minimum absolute atomic E-state index is 0.0194. The van der Waals surface area contributed by atoms with Crippen LogP contribution in [0.25, 0.3) is 11.3 Å². The Hall–Kier alpha value is -2.70. The number of nitrogens with one attached hydrogen (secondary N) is 1. The van der Waals surface area contributed by atoms with Crippen LogP contribution in [0.1, 0.15) is 17.0 Å². The molecular formula is C14H11FN2O4. The molecule has 3 rings (SSSR count). The summed E-state index contributed by atoms with van der Waals surface area (Å²) in [5.41, 5.74) is 1.04. The van der Waals surface area contributed by atoms with E-state index in [9.17, 15) is 14.0 Å². The molecule has 108 valence electrons. The summed E-state index contributed by atoms with van der Waals surface area (Å²) in [7, 11) is 0. The van der Waals surface area contributed by atoms with E-state index in [2.05, 4.69) is 10.5 Å². The zero-order valence-corrected chi connectivity index (χ0v) is 10.8. The fourth-order valence-electron chi connectivity index (χ4n) is 2.00. The Kier molecular flexibility index (Phi) is 3.39. The van der Waals surface area contributed by atoms with E-state index in [0.717, 1.165) is 0 Å². The first-order valence-corrected chi connectivity index (χ1v) is 6.33. The Balaban J connectivity index is 1.73. The van der Waals surface area contributed by atoms with Crippen LogP contribution >= 0.6 is 0 Å². The zero-order valence-electron chi connectivity index (χ0n) is 10.8. The monoisotopic (exact) mass is 290 g/mol. The molecule has 1 aromatic heterocycles. The second kappa shape index (κ2) is 5.35. The molecule has 0 saturated carbocycles. The number of halogens is 1. The molecule has 0 spiro atoms. The van der Waals surface area contributed by atoms with Crippen molar-refractivity contribution in [3.8, 4) is 11.3 Å². The van der Waals surface area contributed by atoms with Crippen LogP contribution in [-0.2, 0) is 9.53 Å². The van der Waals surface area contributed by atoms with Crippen LogP contribution in [0.2, 0.25) is 0 Å². The lowest BCUT2D eigenvalue weighted by Gasteiger charge is -2.05. The number of esters is 1. The molecule has 1 N–H and O–H groups in total. The van der Waals surface area contributed by atoms with Crippen LogP contribution in [-0.4, -0.2) is 29.7 Å². The van der Waals surface area contributed by atoms with E-state index in [1.165, 1.54) is 30.3 Å². The number of amides is 1. The van der Waals surface area contributed by atoms with Crippen LogP contribution in [0, 0.1) is 5.82 Å². The van der Waals surface area contributed by atoms with Crippen LogP contribution < -0.4 is 5.32 Å². The van der Waals surface area contributed by atoms with Gasteiger partial charge in [-0.05, 0) is 24.3 Å². The van der Waals surface area contributed by atoms with Crippen LogP contribution in [0.5, 0.6) is 0 Å². The Labute approximate surface area is 118 Å². The summed E-state index contributed by atoms with van der Waals surface area (Å²) < 4.78 is 22.5. The van der Waals surface area contributed by atoms with E-state index in [0.29, 0.717) is 24.3 Å². The lowest BCUT2D eigenvalue weighted by molar-refractivity contribution is -0.139. The summed E-state index contributed by atoms with van der Waals surface area (Å²) in [6.45, 7) is 0.293. The maximum atomic E-state index is 12.8. The Morgan fingerprint density at radius 2 is 2.10 bits per heavy atom. The molecule has 7 heteroatoms. The predicted octanol–water partition coefficient (Wildman–Crippen LogP) is 1.53. The van der Waals surface area contributed by atoms with Gasteiger partial charge in [0.1, 0.15) is 17.6 Å². The second-order valence-electron chi connectivity index (χ2n) is 4.57. The molecule has 0 aliphatic carbocycles. The summed E-state index contributed by atoms with van der Waals surface area (Å²) in [5.74, 6) is -1.38. The maximum absolute atomic E-state index is 12.8. The molecule has 1 aromatic carbocycles. The normalized spacial score (nSPS) is 17.6. The topological polar surface area (TPSA) is 81.4 Å². The van der Waals surface area contributed by atoms with Gasteiger partial charge in [-0.3, -0.25) is 4.79 Å². The number of aromatic nitrogens is 1. The van der Waals surface area contributed by atoms with Crippen molar-refractivity contribution in [1.82, 2.24) is 10.5 Å². The Morgan fingerprint density at radius 3 is 2.76 bits per heavy atom. The summed E-state index contributed by atoms with van der Waals surface area (Å²) >= 11 is 0. The third-order valence-electron chi connectivity index (χ3n) is 3.11. The van der Waals surface area contributed by atoms with Crippen molar-refractivity contribution in [3.63, 3.8) is 0 Å². The minimum Gasteiger partial charge on any atom is -0.464 e. The molecular weight excluding hydrogens is 279 g/mol. The largest absolute Gasteiger partial charge is 0.464 e. The van der Waals surface area contributed by atoms with Gasteiger partial charge in [-0.2, -0.15) is 0 Å². The third-order valence-corrected chi connectivity index (χ3v) is 3.11. The van der Waals surface area contributed by atoms with Crippen molar-refractivity contribution in [2.45, 2.75) is 12.5 Å². The number of carbonyl (C=O) groups is 2. The number of benzene rings is 1. The number of nitrogens with zero attached hydrogens (tertiary/aromatic N) is 1. The third kappa shape index (κ3) is 2.76. The molecule has 1 saturated heterocycles. The minimum atomic E-state index is -0.656. The number of ether oxygens (including phenoxy) is 1. The second-order valence-corrected chi connectivity index (χ2v) is 4.57. The van der Waals surface area contributed by atoms with Gasteiger partial charge in [0.2, 0.25) is 5.76 Å². The van der Waals surface area contributed by atoms with Crippen molar-refractivity contribution in [3.05, 3.63) is 41.9 Å². The summed E-state index contributed by atoms with van der Waals surface area (Å²) in [5, 5.41) is 6.27. The van der Waals surface area contributed by atoms with Gasteiger partial charge in [-0.25, -0.2) is 9.18 Å². The first-order chi connectivity index (χ1) is 10.1. The first-order valence-electron chi connectivity index (χ1n) is 6.33. The van der Waals surface area contributed by atoms with Gasteiger partial charge in [0.25, 0.3) is 5.91 Å². The molecule has 1 fully saturated rings. The molecule has 1 atom stereocenters. The quantitative estimate of drug-likeness (QED) is 0.867. The number of hydrogen-bond acceptors (Lipinski definition) is 5. The molecule has 0 radical (unpaired) electrons. The molecule has 21 heavy (non-hydrogen) atoms. The molecule has 2 heterocycles. The van der Waals surface area contributed by atoms with E-state index >= 15 is 0 Å². The summed E-state index contributed by atoms with van der Waals surface area (Å²) in [4.78, 5) is 23.2. The van der Waals surface area contributed by atoms with Crippen LogP contribution in [0.3, 0.4) is 0 Å². The summed E-state index contributed by atoms with van der Waals surface area (Å²) in [6.07, 6.45) is 0.434. The number of cyclic esters (lactones) is 1. The van der Waals surface area contributed by atoms with Crippen LogP contribution in [0.15, 0.2) is 34.9 Å². The highest BCUT2D eigenvalue weighted by Gasteiger charge is 2.29. The van der Waals surface area contributed by atoms with Crippen molar-refractivity contribution in [2.75, 3.05) is 6.61 Å². The molecule has 6 nitrogen and oxygen atoms in total. The lowest BCUT2D eigenvalue weighted by Crippen LogP contribution is -2.37. The maximum Gasteiger partial charge on any atom is 0.328 e. The van der Waals surface area contributed by atoms with Gasteiger partial charge >= 0.3 is 5.97 Å². The Morgan fingerprint density at radius 1 is 1.33 bits per heavy atom. The predicted molar refractivity (Wildman–Crippen MR) is 68.7 cm³/mol. The molecule has 0 bridgehead atoms. The van der Waals surface area contributed by atoms with Gasteiger partial charge in [0, 0.05) is 18.1 Å². The Bertz CT molecular complexity index is 681. The average Bonchev–Trinajstić information content (AvgIpc) is 3.10. The fourth-order valence-corrected chi connectivity index (χ4v) is 2.00. The SMILES string of the molecule is O=C(N[C@@H]1CCOC1=O)c1cc(-c2ccc(F)cc2)no1. The highest BCUT2D eigenvalue weighted by Crippen LogP contribution is 2.19. The zero-order chi connectivity index (χ0) is 14.8. The highest BCUT2D eigenvalue weighted by atomic mass is 19.1. The van der Waals surface area contributed by atoms with Crippen molar-refractivity contribution in [1.29, 1.82) is 0 Å². The summed E-state index contributed by atoms with van der Waals surface area (Å²) in [6, 6.07) is 6.42. The lowest BCUT2D eigenvalue weighted by atomic mass is 10.1. The van der Waals surface area contributed by atoms with Crippen molar-refractivity contribution < 1.29 is 23.2 Å². The van der Waals surface area contributed by atoms with Gasteiger partial charge in [-0.15, -0.1) is 0 Å². The van der Waals surface area contributed by atoms with Crippen molar-refractivity contribution in [2.24, 2.45) is 0 Å². The molecule has 0 unspecified atom stereocenters. The van der Waals surface area contributed by atoms with E-state index in [1.807, 2.05) is 0 Å². The highest BCUT2D eigenvalue weighted by molar-refractivity contribution is 5.95. The van der Waals surface area contributed by atoms with E-state index < -0.39 is 17.9 Å². The van der Waals surface area contributed by atoms with E-state index in [-0.39, 0.29) is 11.6 Å². The molecule has 1 aliphatic heterocycles. The van der Waals surface area contributed by atoms with Gasteiger partial charge in [0.05, 0.1) is 6.61 Å². The fraction of sp³-hybridized carbons (Fsp3) is 0.214. The van der Waals surface area contributed by atoms with Gasteiger partial charge in [-0.1, -0.05) is 5.16 Å². The molecule has 1 aliphatic rings. The average molecular weight is 290 g/mol. The molecule has 1 amide bonds. The van der Waals surface area contributed by atoms with Gasteiger partial charge < -0.3 is 14.6 Å². The number of hydrogen-bond donors (Lipinski definition) is 1. The van der Waals surface area contributed by atoms with Crippen LogP contribution in [0.4, 0.5) is 4.39 Å². The molecule has 2 aromatic rings. The van der Waals surface area contributed by atoms with E-state index in [4.69, 9.17) is 9.26 Å². The smallest absolute Gasteiger partial charge is 0.328 e. The van der Waals surface area contributed by atoms with Crippen molar-refractivity contribution >= 4 is 11.9 Å². The standard InChI is InChI=1S/C14H11FN2O4/c15-9-3-1-8(2-4-9)11-7-12(21-17-11)13(18)16-10-5-6-20-14(10)19/h1-4,7,10H,5-6H2,(H,16,18)/t10-/m1/s1. The first kappa shape index (κ1) is 13.3. The number of carbonyl (C=O) groups excluding carboxylic acids is 2. The number of rotatable bonds is 3. The van der Waals surface area contributed by atoms with E-state index in [1.54, 1.807) is 0 Å².